The minimum atomic E-state index is -0.286. The van der Waals surface area contributed by atoms with Crippen molar-refractivity contribution in [3.63, 3.8) is 0 Å². The molecule has 0 bridgehead atoms. The summed E-state index contributed by atoms with van der Waals surface area (Å²) in [6.07, 6.45) is 3.35. The number of nitrogens with one attached hydrogen (secondary N) is 1. The van der Waals surface area contributed by atoms with Gasteiger partial charge >= 0.3 is 0 Å². The van der Waals surface area contributed by atoms with E-state index < -0.39 is 0 Å². The van der Waals surface area contributed by atoms with Gasteiger partial charge in [0.1, 0.15) is 11.5 Å². The first-order valence-electron chi connectivity index (χ1n) is 9.11. The first kappa shape index (κ1) is 20.2. The van der Waals surface area contributed by atoms with E-state index in [0.29, 0.717) is 29.6 Å². The topological polar surface area (TPSA) is 81.5 Å². The van der Waals surface area contributed by atoms with Crippen LogP contribution < -0.4 is 19.7 Å². The van der Waals surface area contributed by atoms with Crippen molar-refractivity contribution in [2.24, 2.45) is 0 Å². The average molecular weight is 395 g/mol. The third-order valence-electron chi connectivity index (χ3n) is 4.53. The molecule has 2 aromatic heterocycles. The largest absolute Gasteiger partial charge is 0.493 e. The number of amides is 1. The van der Waals surface area contributed by atoms with Crippen molar-refractivity contribution in [2.75, 3.05) is 38.5 Å². The van der Waals surface area contributed by atoms with Crippen molar-refractivity contribution in [1.29, 1.82) is 0 Å². The van der Waals surface area contributed by atoms with Crippen LogP contribution >= 0.6 is 0 Å². The van der Waals surface area contributed by atoms with Gasteiger partial charge in [-0.05, 0) is 36.8 Å². The molecule has 3 rings (SSSR count). The second-order valence-electron chi connectivity index (χ2n) is 6.77. The van der Waals surface area contributed by atoms with Gasteiger partial charge in [0.05, 0.1) is 27.0 Å². The fourth-order valence-corrected chi connectivity index (χ4v) is 2.91. The minimum Gasteiger partial charge on any atom is -0.493 e. The van der Waals surface area contributed by atoms with Crippen LogP contribution in [0.2, 0.25) is 0 Å². The van der Waals surface area contributed by atoms with Gasteiger partial charge in [0.15, 0.2) is 11.5 Å². The second kappa shape index (κ2) is 8.64. The van der Waals surface area contributed by atoms with Crippen LogP contribution in [0.15, 0.2) is 42.7 Å². The number of aryl methyl sites for hydroxylation is 1. The molecule has 0 aliphatic rings. The Morgan fingerprint density at radius 3 is 2.59 bits per heavy atom. The highest BCUT2D eigenvalue weighted by Crippen LogP contribution is 2.28. The van der Waals surface area contributed by atoms with E-state index in [-0.39, 0.29) is 5.91 Å². The van der Waals surface area contributed by atoms with Crippen molar-refractivity contribution in [3.05, 3.63) is 59.5 Å². The summed E-state index contributed by atoms with van der Waals surface area (Å²) in [5.74, 6) is 1.64. The Morgan fingerprint density at radius 1 is 1.14 bits per heavy atom. The van der Waals surface area contributed by atoms with Crippen LogP contribution in [0, 0.1) is 6.92 Å². The van der Waals surface area contributed by atoms with Crippen LogP contribution in [0.1, 0.15) is 21.6 Å². The molecule has 1 aromatic carbocycles. The van der Waals surface area contributed by atoms with E-state index in [0.717, 1.165) is 16.8 Å². The Labute approximate surface area is 170 Å². The fourth-order valence-electron chi connectivity index (χ4n) is 2.91. The Balaban J connectivity index is 1.83. The molecule has 0 radical (unpaired) electrons. The molecule has 2 heterocycles. The number of benzene rings is 1. The van der Waals surface area contributed by atoms with Gasteiger partial charge in [0.25, 0.3) is 5.91 Å². The third-order valence-corrected chi connectivity index (χ3v) is 4.53. The van der Waals surface area contributed by atoms with E-state index in [1.165, 1.54) is 0 Å². The maximum Gasteiger partial charge on any atom is 0.275 e. The molecule has 1 amide bonds. The Bertz CT molecular complexity index is 1010. The molecule has 0 aliphatic carbocycles. The summed E-state index contributed by atoms with van der Waals surface area (Å²) in [5.41, 5.74) is 3.08. The molecule has 0 unspecified atom stereocenters. The lowest BCUT2D eigenvalue weighted by Gasteiger charge is -2.14. The van der Waals surface area contributed by atoms with E-state index >= 15 is 0 Å². The van der Waals surface area contributed by atoms with E-state index in [4.69, 9.17) is 9.47 Å². The molecule has 0 fully saturated rings. The second-order valence-corrected chi connectivity index (χ2v) is 6.77. The average Bonchev–Trinajstić information content (AvgIpc) is 3.07. The number of carbonyl (C=O) groups excluding carboxylic acids is 1. The molecule has 0 saturated heterocycles. The predicted molar refractivity (Wildman–Crippen MR) is 112 cm³/mol. The zero-order valence-electron chi connectivity index (χ0n) is 17.3. The van der Waals surface area contributed by atoms with Crippen LogP contribution in [-0.4, -0.2) is 49.0 Å². The van der Waals surface area contributed by atoms with E-state index in [1.54, 1.807) is 37.4 Å². The number of rotatable bonds is 7. The number of aromatic nitrogens is 3. The van der Waals surface area contributed by atoms with Crippen molar-refractivity contribution in [2.45, 2.75) is 13.5 Å². The maximum atomic E-state index is 12.8. The molecule has 0 spiro atoms. The molecular formula is C21H25N5O3. The fraction of sp³-hybridized carbons (Fsp3) is 0.286. The summed E-state index contributed by atoms with van der Waals surface area (Å²) in [5, 5.41) is 7.34. The van der Waals surface area contributed by atoms with Gasteiger partial charge in [-0.15, -0.1) is 0 Å². The molecule has 1 N–H and O–H groups in total. The number of anilines is 2. The molecule has 3 aromatic rings. The molecule has 0 atom stereocenters. The van der Waals surface area contributed by atoms with Gasteiger partial charge in [-0.2, -0.15) is 5.10 Å². The highest BCUT2D eigenvalue weighted by atomic mass is 16.5. The lowest BCUT2D eigenvalue weighted by Crippen LogP contribution is -2.19. The molecule has 29 heavy (non-hydrogen) atoms. The first-order valence-corrected chi connectivity index (χ1v) is 9.11. The van der Waals surface area contributed by atoms with Crippen LogP contribution in [0.5, 0.6) is 11.5 Å². The molecule has 8 nitrogen and oxygen atoms in total. The van der Waals surface area contributed by atoms with Crippen LogP contribution in [0.3, 0.4) is 0 Å². The van der Waals surface area contributed by atoms with E-state index in [9.17, 15) is 4.79 Å². The number of pyridine rings is 1. The number of nitrogens with zero attached hydrogens (tertiary/aromatic N) is 4. The summed E-state index contributed by atoms with van der Waals surface area (Å²) in [7, 11) is 7.03. The zero-order valence-corrected chi connectivity index (χ0v) is 17.3. The van der Waals surface area contributed by atoms with Gasteiger partial charge in [-0.1, -0.05) is 6.07 Å². The number of hydrogen-bond donors (Lipinski definition) is 1. The lowest BCUT2D eigenvalue weighted by molar-refractivity contribution is 0.102. The molecule has 0 aliphatic heterocycles. The number of hydrogen-bond acceptors (Lipinski definition) is 6. The summed E-state index contributed by atoms with van der Waals surface area (Å²) in [6.45, 7) is 2.37. The quantitative estimate of drug-likeness (QED) is 0.662. The number of ether oxygens (including phenoxy) is 2. The Morgan fingerprint density at radius 2 is 1.90 bits per heavy atom. The SMILES string of the molecule is COc1ccc(Cn2ncc(C)c2NC(=O)c2cc(N(C)C)ccn2)cc1OC. The van der Waals surface area contributed by atoms with Crippen molar-refractivity contribution >= 4 is 17.4 Å². The smallest absolute Gasteiger partial charge is 0.275 e. The molecule has 8 heteroatoms. The Hall–Kier alpha value is -3.55. The number of methoxy groups -OCH3 is 2. The third kappa shape index (κ3) is 4.48. The minimum absolute atomic E-state index is 0.286. The maximum absolute atomic E-state index is 12.8. The normalized spacial score (nSPS) is 10.5. The van der Waals surface area contributed by atoms with Crippen molar-refractivity contribution in [3.8, 4) is 11.5 Å². The van der Waals surface area contributed by atoms with Gasteiger partial charge in [0, 0.05) is 31.5 Å². The molecular weight excluding hydrogens is 370 g/mol. The van der Waals surface area contributed by atoms with E-state index in [1.807, 2.05) is 50.2 Å². The van der Waals surface area contributed by atoms with Crippen LogP contribution in [0.4, 0.5) is 11.5 Å². The highest BCUT2D eigenvalue weighted by Gasteiger charge is 2.15. The van der Waals surface area contributed by atoms with Crippen LogP contribution in [-0.2, 0) is 6.54 Å². The standard InChI is InChI=1S/C21H25N5O3/c1-14-12-23-26(13-15-6-7-18(28-4)19(10-15)29-5)20(14)24-21(27)17-11-16(25(2)3)8-9-22-17/h6-12H,13H2,1-5H3,(H,24,27). The molecule has 152 valence electrons. The van der Waals surface area contributed by atoms with Gasteiger partial charge in [-0.3, -0.25) is 9.78 Å². The summed E-state index contributed by atoms with van der Waals surface area (Å²) < 4.78 is 12.4. The first-order chi connectivity index (χ1) is 13.9. The van der Waals surface area contributed by atoms with Gasteiger partial charge in [0.2, 0.25) is 0 Å². The van der Waals surface area contributed by atoms with Crippen LogP contribution in [0.25, 0.3) is 0 Å². The highest BCUT2D eigenvalue weighted by molar-refractivity contribution is 6.03. The molecule has 0 saturated carbocycles. The van der Waals surface area contributed by atoms with E-state index in [2.05, 4.69) is 15.4 Å². The number of carbonyl (C=O) groups is 1. The van der Waals surface area contributed by atoms with Gasteiger partial charge in [-0.25, -0.2) is 4.68 Å². The predicted octanol–water partition coefficient (Wildman–Crippen LogP) is 2.97. The lowest BCUT2D eigenvalue weighted by atomic mass is 10.2. The van der Waals surface area contributed by atoms with Gasteiger partial charge < -0.3 is 19.7 Å². The zero-order chi connectivity index (χ0) is 21.0. The monoisotopic (exact) mass is 395 g/mol. The van der Waals surface area contributed by atoms with Crippen molar-refractivity contribution in [1.82, 2.24) is 14.8 Å². The summed E-state index contributed by atoms with van der Waals surface area (Å²) in [6, 6.07) is 9.28. The summed E-state index contributed by atoms with van der Waals surface area (Å²) in [4.78, 5) is 18.9. The Kier molecular flexibility index (Phi) is 6.01. The van der Waals surface area contributed by atoms with Crippen molar-refractivity contribution < 1.29 is 14.3 Å². The summed E-state index contributed by atoms with van der Waals surface area (Å²) >= 11 is 0.